The summed E-state index contributed by atoms with van der Waals surface area (Å²) in [6.07, 6.45) is 0.745. The first-order chi connectivity index (χ1) is 10.1. The lowest BCUT2D eigenvalue weighted by atomic mass is 9.95. The number of imidazole rings is 1. The van der Waals surface area contributed by atoms with Crippen molar-refractivity contribution in [3.8, 4) is 0 Å². The van der Waals surface area contributed by atoms with Crippen LogP contribution in [-0.4, -0.2) is 15.5 Å². The maximum atomic E-state index is 6.24. The first-order valence-electron chi connectivity index (χ1n) is 6.63. The third kappa shape index (κ3) is 1.93. The van der Waals surface area contributed by atoms with E-state index in [1.54, 1.807) is 11.3 Å². The normalized spacial score (nSPS) is 21.3. The van der Waals surface area contributed by atoms with Crippen LogP contribution >= 0.6 is 27.3 Å². The largest absolute Gasteiger partial charge is 0.369 e. The van der Waals surface area contributed by atoms with Crippen LogP contribution < -0.4 is 5.73 Å². The number of aromatic nitrogens is 2. The van der Waals surface area contributed by atoms with Crippen LogP contribution in [0.15, 0.2) is 45.2 Å². The van der Waals surface area contributed by atoms with E-state index in [9.17, 15) is 0 Å². The number of nitrogens with two attached hydrogens (primary N) is 1. The van der Waals surface area contributed by atoms with Gasteiger partial charge in [0.2, 0.25) is 5.96 Å². The minimum atomic E-state index is -0.349. The molecule has 1 aliphatic heterocycles. The molecule has 1 atom stereocenters. The zero-order chi connectivity index (χ0) is 14.6. The van der Waals surface area contributed by atoms with Gasteiger partial charge in [-0.15, -0.1) is 11.3 Å². The third-order valence-electron chi connectivity index (χ3n) is 3.82. The predicted octanol–water partition coefficient (Wildman–Crippen LogP) is 3.49. The fraction of sp³-hybridized carbons (Fsp3) is 0.200. The van der Waals surface area contributed by atoms with Crippen LogP contribution in [0.5, 0.6) is 0 Å². The van der Waals surface area contributed by atoms with E-state index in [1.165, 1.54) is 4.88 Å². The molecule has 106 valence electrons. The number of hydrogen-bond acceptors (Lipinski definition) is 4. The Morgan fingerprint density at radius 1 is 1.38 bits per heavy atom. The Balaban J connectivity index is 1.90. The quantitative estimate of drug-likeness (QED) is 0.721. The molecule has 0 saturated heterocycles. The van der Waals surface area contributed by atoms with Crippen molar-refractivity contribution in [1.29, 1.82) is 0 Å². The number of hydrogen-bond donors (Lipinski definition) is 1. The van der Waals surface area contributed by atoms with E-state index in [0.717, 1.165) is 27.8 Å². The van der Waals surface area contributed by atoms with Gasteiger partial charge in [-0.05, 0) is 41.1 Å². The molecular weight excluding hydrogens is 348 g/mol. The number of aliphatic imine (C=N–C) groups is 1. The third-order valence-corrected chi connectivity index (χ3v) is 5.77. The van der Waals surface area contributed by atoms with Crippen molar-refractivity contribution in [2.75, 3.05) is 0 Å². The Morgan fingerprint density at radius 2 is 2.19 bits per heavy atom. The summed E-state index contributed by atoms with van der Waals surface area (Å²) in [5, 5.41) is 2.07. The average molecular weight is 361 g/mol. The average Bonchev–Trinajstić information content (AvgIpc) is 3.01. The second-order valence-electron chi connectivity index (χ2n) is 5.40. The molecule has 4 nitrogen and oxygen atoms in total. The minimum absolute atomic E-state index is 0.349. The van der Waals surface area contributed by atoms with Gasteiger partial charge in [-0.2, -0.15) is 0 Å². The number of rotatable bonds is 1. The zero-order valence-electron chi connectivity index (χ0n) is 11.4. The van der Waals surface area contributed by atoms with E-state index in [0.29, 0.717) is 5.96 Å². The van der Waals surface area contributed by atoms with Crippen molar-refractivity contribution in [2.24, 2.45) is 10.7 Å². The highest BCUT2D eigenvalue weighted by Gasteiger charge is 2.35. The maximum Gasteiger partial charge on any atom is 0.202 e. The summed E-state index contributed by atoms with van der Waals surface area (Å²) in [6, 6.07) is 10.1. The van der Waals surface area contributed by atoms with E-state index in [2.05, 4.69) is 34.3 Å². The first-order valence-corrected chi connectivity index (χ1v) is 8.31. The molecular formula is C15H13BrN4S. The van der Waals surface area contributed by atoms with Gasteiger partial charge in [-0.1, -0.05) is 12.1 Å². The van der Waals surface area contributed by atoms with Crippen LogP contribution in [0, 0.1) is 0 Å². The number of para-hydroxylation sites is 2. The van der Waals surface area contributed by atoms with Gasteiger partial charge < -0.3 is 5.73 Å². The Hall–Kier alpha value is -1.66. The number of thiophene rings is 1. The Morgan fingerprint density at radius 3 is 2.95 bits per heavy atom. The highest BCUT2D eigenvalue weighted by molar-refractivity contribution is 9.10. The standard InChI is InChI=1S/C15H13BrN4S/c1-15(12-6-9(16)8-21-12)7-13-18-10-4-2-3-5-11(10)20(13)14(17)19-15/h2-6,8H,7H2,1H3,(H2,17,19)/t15-/m0/s1. The second-order valence-corrected chi connectivity index (χ2v) is 7.23. The number of nitrogens with zero attached hydrogens (tertiary/aromatic N) is 3. The molecule has 21 heavy (non-hydrogen) atoms. The molecule has 1 aromatic carbocycles. The lowest BCUT2D eigenvalue weighted by Crippen LogP contribution is -2.37. The molecule has 2 aromatic heterocycles. The lowest BCUT2D eigenvalue weighted by molar-refractivity contribution is 0.472. The van der Waals surface area contributed by atoms with Crippen molar-refractivity contribution < 1.29 is 0 Å². The summed E-state index contributed by atoms with van der Waals surface area (Å²) < 4.78 is 3.04. The van der Waals surface area contributed by atoms with E-state index >= 15 is 0 Å². The van der Waals surface area contributed by atoms with Crippen molar-refractivity contribution in [3.63, 3.8) is 0 Å². The van der Waals surface area contributed by atoms with Gasteiger partial charge >= 0.3 is 0 Å². The summed E-state index contributed by atoms with van der Waals surface area (Å²) >= 11 is 5.20. The van der Waals surface area contributed by atoms with Gasteiger partial charge in [0, 0.05) is 21.2 Å². The summed E-state index contributed by atoms with van der Waals surface area (Å²) in [5.74, 6) is 1.48. The van der Waals surface area contributed by atoms with Gasteiger partial charge in [-0.25, -0.2) is 9.98 Å². The fourth-order valence-electron chi connectivity index (χ4n) is 2.84. The lowest BCUT2D eigenvalue weighted by Gasteiger charge is -2.29. The highest BCUT2D eigenvalue weighted by atomic mass is 79.9. The van der Waals surface area contributed by atoms with E-state index in [4.69, 9.17) is 15.7 Å². The molecule has 3 heterocycles. The van der Waals surface area contributed by atoms with E-state index in [-0.39, 0.29) is 5.54 Å². The molecule has 2 N–H and O–H groups in total. The van der Waals surface area contributed by atoms with Crippen LogP contribution in [0.4, 0.5) is 0 Å². The molecule has 0 saturated carbocycles. The van der Waals surface area contributed by atoms with Crippen LogP contribution in [-0.2, 0) is 12.0 Å². The number of fused-ring (bicyclic) bond motifs is 3. The van der Waals surface area contributed by atoms with Gasteiger partial charge in [0.25, 0.3) is 0 Å². The Kier molecular flexibility index (Phi) is 2.74. The molecule has 1 aliphatic rings. The molecule has 3 aromatic rings. The second kappa shape index (κ2) is 4.42. The number of benzene rings is 1. The van der Waals surface area contributed by atoms with Crippen LogP contribution in [0.2, 0.25) is 0 Å². The van der Waals surface area contributed by atoms with Crippen LogP contribution in [0.25, 0.3) is 11.0 Å². The monoisotopic (exact) mass is 360 g/mol. The van der Waals surface area contributed by atoms with Crippen molar-refractivity contribution in [2.45, 2.75) is 18.9 Å². The Labute approximate surface area is 134 Å². The first kappa shape index (κ1) is 13.0. The summed E-state index contributed by atoms with van der Waals surface area (Å²) in [4.78, 5) is 10.7. The molecule has 0 radical (unpaired) electrons. The van der Waals surface area contributed by atoms with E-state index in [1.807, 2.05) is 28.8 Å². The number of halogens is 1. The summed E-state index contributed by atoms with van der Waals surface area (Å²) in [7, 11) is 0. The molecule has 6 heteroatoms. The topological polar surface area (TPSA) is 56.2 Å². The van der Waals surface area contributed by atoms with Crippen LogP contribution in [0.3, 0.4) is 0 Å². The van der Waals surface area contributed by atoms with Gasteiger partial charge in [0.1, 0.15) is 11.4 Å². The molecule has 0 unspecified atom stereocenters. The maximum absolute atomic E-state index is 6.24. The molecule has 0 amide bonds. The van der Waals surface area contributed by atoms with Gasteiger partial charge in [0.15, 0.2) is 0 Å². The molecule has 4 rings (SSSR count). The van der Waals surface area contributed by atoms with Crippen molar-refractivity contribution in [1.82, 2.24) is 9.55 Å². The SMILES string of the molecule is C[C@@]1(c2cc(Br)cs2)Cc2nc3ccccc3n2C(N)=N1. The predicted molar refractivity (Wildman–Crippen MR) is 89.8 cm³/mol. The van der Waals surface area contributed by atoms with E-state index < -0.39 is 0 Å². The highest BCUT2D eigenvalue weighted by Crippen LogP contribution is 2.38. The fourth-order valence-corrected chi connectivity index (χ4v) is 4.37. The summed E-state index contributed by atoms with van der Waals surface area (Å²) in [5.41, 5.74) is 7.87. The smallest absolute Gasteiger partial charge is 0.202 e. The molecule has 0 aliphatic carbocycles. The zero-order valence-corrected chi connectivity index (χ0v) is 13.8. The molecule has 0 spiro atoms. The minimum Gasteiger partial charge on any atom is -0.369 e. The molecule has 0 fully saturated rings. The van der Waals surface area contributed by atoms with Gasteiger partial charge in [-0.3, -0.25) is 4.57 Å². The Bertz CT molecular complexity index is 879. The molecule has 0 bridgehead atoms. The van der Waals surface area contributed by atoms with Crippen molar-refractivity contribution in [3.05, 3.63) is 50.9 Å². The van der Waals surface area contributed by atoms with Crippen molar-refractivity contribution >= 4 is 44.3 Å². The van der Waals surface area contributed by atoms with Crippen LogP contribution in [0.1, 0.15) is 17.6 Å². The van der Waals surface area contributed by atoms with Gasteiger partial charge in [0.05, 0.1) is 11.0 Å². The summed E-state index contributed by atoms with van der Waals surface area (Å²) in [6.45, 7) is 2.11.